The van der Waals surface area contributed by atoms with Gasteiger partial charge in [0.1, 0.15) is 6.07 Å². The lowest BCUT2D eigenvalue weighted by molar-refractivity contribution is 0.615. The van der Waals surface area contributed by atoms with Gasteiger partial charge in [0.15, 0.2) is 0 Å². The first-order valence-electron chi connectivity index (χ1n) is 4.48. The summed E-state index contributed by atoms with van der Waals surface area (Å²) in [6.07, 6.45) is 0. The molecule has 0 spiro atoms. The maximum absolute atomic E-state index is 8.81. The summed E-state index contributed by atoms with van der Waals surface area (Å²) in [6.45, 7) is 0. The van der Waals surface area contributed by atoms with Crippen LogP contribution in [-0.4, -0.2) is 4.98 Å². The van der Waals surface area contributed by atoms with E-state index in [1.807, 2.05) is 6.07 Å². The molecule has 1 atom stereocenters. The number of aromatic nitrogens is 1. The number of rotatable bonds is 2. The number of nitrogens with zero attached hydrogens (tertiary/aromatic N) is 2. The van der Waals surface area contributed by atoms with Crippen molar-refractivity contribution < 1.29 is 4.42 Å². The average molecular weight is 232 g/mol. The van der Waals surface area contributed by atoms with Crippen molar-refractivity contribution in [3.8, 4) is 6.07 Å². The molecule has 16 heavy (non-hydrogen) atoms. The molecular weight excluding hydrogens is 223 g/mol. The largest absolute Gasteiger partial charge is 0.420 e. The van der Waals surface area contributed by atoms with Crippen LogP contribution >= 0.6 is 9.24 Å². The molecule has 0 aliphatic rings. The second-order valence-corrected chi connectivity index (χ2v) is 3.58. The monoisotopic (exact) mass is 232 g/mol. The van der Waals surface area contributed by atoms with Crippen LogP contribution in [0, 0.1) is 11.3 Å². The maximum Gasteiger partial charge on any atom is 0.236 e. The van der Waals surface area contributed by atoms with Crippen molar-refractivity contribution in [1.82, 2.24) is 4.98 Å². The lowest BCUT2D eigenvalue weighted by atomic mass is 10.3. The first-order chi connectivity index (χ1) is 7.69. The number of nitriles is 1. The van der Waals surface area contributed by atoms with E-state index in [1.54, 1.807) is 24.3 Å². The van der Waals surface area contributed by atoms with E-state index < -0.39 is 0 Å². The maximum atomic E-state index is 8.81. The Hall–Kier alpha value is -2.05. The Bertz CT molecular complexity index is 541. The zero-order valence-corrected chi connectivity index (χ0v) is 9.42. The van der Waals surface area contributed by atoms with Crippen LogP contribution in [0.5, 0.6) is 0 Å². The lowest BCUT2D eigenvalue weighted by Gasteiger charge is -2.02. The van der Waals surface area contributed by atoms with Crippen LogP contribution in [0.3, 0.4) is 0 Å². The quantitative estimate of drug-likeness (QED) is 0.603. The van der Waals surface area contributed by atoms with Gasteiger partial charge in [-0.1, -0.05) is 0 Å². The highest BCUT2D eigenvalue weighted by Crippen LogP contribution is 2.20. The van der Waals surface area contributed by atoms with Crippen LogP contribution in [0.2, 0.25) is 0 Å². The molecule has 0 radical (unpaired) electrons. The zero-order chi connectivity index (χ0) is 11.5. The van der Waals surface area contributed by atoms with Crippen molar-refractivity contribution in [2.75, 3.05) is 11.1 Å². The number of hydrogen-bond acceptors (Lipinski definition) is 5. The van der Waals surface area contributed by atoms with Crippen LogP contribution in [0.15, 0.2) is 28.7 Å². The Kier molecular flexibility index (Phi) is 2.76. The van der Waals surface area contributed by atoms with Gasteiger partial charge in [0.05, 0.1) is 0 Å². The summed E-state index contributed by atoms with van der Waals surface area (Å²) in [5, 5.41) is 11.8. The molecule has 0 saturated heterocycles. The highest BCUT2D eigenvalue weighted by Gasteiger charge is 2.10. The Balaban J connectivity index is 2.27. The van der Waals surface area contributed by atoms with Gasteiger partial charge in [-0.3, -0.25) is 0 Å². The normalized spacial score (nSPS) is 9.75. The second kappa shape index (κ2) is 4.21. The molecule has 0 fully saturated rings. The van der Waals surface area contributed by atoms with E-state index in [2.05, 4.69) is 19.5 Å². The van der Waals surface area contributed by atoms with Crippen LogP contribution < -0.4 is 16.7 Å². The molecule has 2 aromatic rings. The summed E-state index contributed by atoms with van der Waals surface area (Å²) in [7, 11) is 2.30. The fourth-order valence-electron chi connectivity index (χ4n) is 1.19. The molecule has 0 aliphatic carbocycles. The summed E-state index contributed by atoms with van der Waals surface area (Å²) in [5.74, 6) is 0.331. The van der Waals surface area contributed by atoms with Crippen LogP contribution in [0.1, 0.15) is 5.69 Å². The van der Waals surface area contributed by atoms with Crippen molar-refractivity contribution in [2.45, 2.75) is 0 Å². The third-order valence-corrected chi connectivity index (χ3v) is 2.17. The predicted octanol–water partition coefficient (Wildman–Crippen LogP) is 1.37. The number of hydrogen-bond donors (Lipinski definition) is 2. The SMILES string of the molecule is N#Cc1nc(P)oc1Nc1ccc(N)cc1. The first-order valence-corrected chi connectivity index (χ1v) is 5.06. The van der Waals surface area contributed by atoms with E-state index in [1.165, 1.54) is 0 Å². The number of benzene rings is 1. The summed E-state index contributed by atoms with van der Waals surface area (Å²) in [5.41, 5.74) is 7.62. The summed E-state index contributed by atoms with van der Waals surface area (Å²) >= 11 is 0. The average Bonchev–Trinajstić information content (AvgIpc) is 2.62. The number of nitrogen functional groups attached to an aromatic ring is 1. The Morgan fingerprint density at radius 3 is 2.69 bits per heavy atom. The van der Waals surface area contributed by atoms with Crippen molar-refractivity contribution in [1.29, 1.82) is 5.26 Å². The molecule has 0 aliphatic heterocycles. The van der Waals surface area contributed by atoms with Gasteiger partial charge in [0, 0.05) is 11.4 Å². The highest BCUT2D eigenvalue weighted by atomic mass is 31.0. The van der Waals surface area contributed by atoms with E-state index in [-0.39, 0.29) is 5.69 Å². The third kappa shape index (κ3) is 2.13. The van der Waals surface area contributed by atoms with Crippen molar-refractivity contribution in [3.63, 3.8) is 0 Å². The minimum atomic E-state index is 0.224. The van der Waals surface area contributed by atoms with Gasteiger partial charge < -0.3 is 15.5 Å². The lowest BCUT2D eigenvalue weighted by Crippen LogP contribution is -1.92. The van der Waals surface area contributed by atoms with Gasteiger partial charge in [-0.15, -0.1) is 0 Å². The highest BCUT2D eigenvalue weighted by molar-refractivity contribution is 7.26. The van der Waals surface area contributed by atoms with Crippen molar-refractivity contribution in [2.24, 2.45) is 0 Å². The molecule has 0 amide bonds. The van der Waals surface area contributed by atoms with Gasteiger partial charge in [-0.25, -0.2) is 0 Å². The molecular formula is C10H9N4OP. The van der Waals surface area contributed by atoms with Crippen molar-refractivity contribution >= 4 is 32.1 Å². The van der Waals surface area contributed by atoms with E-state index in [4.69, 9.17) is 15.4 Å². The molecule has 6 heteroatoms. The Labute approximate surface area is 94.5 Å². The molecule has 1 unspecified atom stereocenters. The summed E-state index contributed by atoms with van der Waals surface area (Å²) in [4.78, 5) is 3.89. The Morgan fingerprint density at radius 1 is 1.38 bits per heavy atom. The number of anilines is 3. The third-order valence-electron chi connectivity index (χ3n) is 1.92. The van der Waals surface area contributed by atoms with Gasteiger partial charge in [-0.05, 0) is 33.5 Å². The molecule has 5 nitrogen and oxygen atoms in total. The minimum Gasteiger partial charge on any atom is -0.420 e. The Morgan fingerprint density at radius 2 is 2.06 bits per heavy atom. The second-order valence-electron chi connectivity index (χ2n) is 3.09. The van der Waals surface area contributed by atoms with Gasteiger partial charge in [-0.2, -0.15) is 10.2 Å². The zero-order valence-electron chi connectivity index (χ0n) is 8.27. The molecule has 1 aromatic heterocycles. The number of nitrogens with one attached hydrogen (secondary N) is 1. The predicted molar refractivity (Wildman–Crippen MR) is 64.7 cm³/mol. The first kappa shape index (κ1) is 10.5. The van der Waals surface area contributed by atoms with Crippen LogP contribution in [0.25, 0.3) is 0 Å². The van der Waals surface area contributed by atoms with Gasteiger partial charge >= 0.3 is 0 Å². The fraction of sp³-hybridized carbons (Fsp3) is 0. The van der Waals surface area contributed by atoms with Crippen LogP contribution in [0.4, 0.5) is 17.3 Å². The minimum absolute atomic E-state index is 0.224. The number of oxazole rings is 1. The summed E-state index contributed by atoms with van der Waals surface area (Å²) in [6, 6.07) is 9.04. The van der Waals surface area contributed by atoms with Crippen molar-refractivity contribution in [3.05, 3.63) is 30.0 Å². The number of nitrogens with two attached hydrogens (primary N) is 1. The molecule has 2 rings (SSSR count). The standard InChI is InChI=1S/C10H9N4OP/c11-5-8-9(15-10(16)14-8)13-7-3-1-6(12)2-4-7/h1-4,13H,12,16H2. The van der Waals surface area contributed by atoms with Gasteiger partial charge in [0.2, 0.25) is 17.2 Å². The molecule has 3 N–H and O–H groups in total. The summed E-state index contributed by atoms with van der Waals surface area (Å²) < 4.78 is 5.23. The topological polar surface area (TPSA) is 87.9 Å². The van der Waals surface area contributed by atoms with E-state index in [9.17, 15) is 0 Å². The smallest absolute Gasteiger partial charge is 0.236 e. The molecule has 80 valence electrons. The van der Waals surface area contributed by atoms with Gasteiger partial charge in [0.25, 0.3) is 0 Å². The molecule has 0 saturated carbocycles. The van der Waals surface area contributed by atoms with E-state index >= 15 is 0 Å². The fourth-order valence-corrected chi connectivity index (χ4v) is 1.44. The molecule has 1 heterocycles. The van der Waals surface area contributed by atoms with Crippen LogP contribution in [-0.2, 0) is 0 Å². The van der Waals surface area contributed by atoms with E-state index in [0.29, 0.717) is 17.2 Å². The van der Waals surface area contributed by atoms with E-state index in [0.717, 1.165) is 5.69 Å². The molecule has 0 bridgehead atoms. The molecule has 1 aromatic carbocycles.